The summed E-state index contributed by atoms with van der Waals surface area (Å²) in [5.41, 5.74) is 0. The van der Waals surface area contributed by atoms with Gasteiger partial charge < -0.3 is 38.1 Å². The summed E-state index contributed by atoms with van der Waals surface area (Å²) in [6.07, 6.45) is 18.4. The number of unbranched alkanes of at least 4 members (excludes halogenated alkanes) is 12. The van der Waals surface area contributed by atoms with Gasteiger partial charge in [0.15, 0.2) is 12.2 Å². The Bertz CT molecular complexity index is 1290. The van der Waals surface area contributed by atoms with Gasteiger partial charge in [0.25, 0.3) is 0 Å². The molecule has 0 N–H and O–H groups in total. The molecule has 0 aromatic carbocycles. The Morgan fingerprint density at radius 1 is 0.333 bits per heavy atom. The highest BCUT2D eigenvalue weighted by molar-refractivity contribution is 5.74. The predicted octanol–water partition coefficient (Wildman–Crippen LogP) is 12.0. The summed E-state index contributed by atoms with van der Waals surface area (Å²) >= 11 is 0. The van der Waals surface area contributed by atoms with Gasteiger partial charge in [-0.1, -0.05) is 158 Å². The second-order valence-corrected chi connectivity index (χ2v) is 20.5. The molecule has 15 heteroatoms. The van der Waals surface area contributed by atoms with Gasteiger partial charge in [-0.3, -0.25) is 33.6 Å². The Kier molecular flexibility index (Phi) is 42.4. The van der Waals surface area contributed by atoms with Crippen LogP contribution in [0.25, 0.3) is 0 Å². The summed E-state index contributed by atoms with van der Waals surface area (Å²) in [7, 11) is 3.84. The summed E-state index contributed by atoms with van der Waals surface area (Å²) < 4.78 is 39.7. The van der Waals surface area contributed by atoms with E-state index >= 15 is 0 Å². The van der Waals surface area contributed by atoms with Crippen molar-refractivity contribution in [2.45, 2.75) is 253 Å². The fraction of sp³-hybridized carbons (Fsp3) is 0.877. The minimum absolute atomic E-state index is 0.0510. The van der Waals surface area contributed by atoms with E-state index in [1.54, 1.807) is 0 Å². The van der Waals surface area contributed by atoms with Crippen LogP contribution in [-0.2, 0) is 66.7 Å². The molecule has 0 spiro atoms. The van der Waals surface area contributed by atoms with E-state index in [0.29, 0.717) is 51.5 Å². The molecule has 4 unspecified atom stereocenters. The van der Waals surface area contributed by atoms with Gasteiger partial charge in [-0.15, -0.1) is 0 Å². The number of carbonyl (C=O) groups excluding carboxylic acids is 7. The molecule has 0 aliphatic rings. The number of hydrogen-bond donors (Lipinski definition) is 0. The summed E-state index contributed by atoms with van der Waals surface area (Å²) in [6.45, 7) is 15.4. The SMILES string of the molecule is CCCCCCC(C)C(=O)OCC(COC(=O)C(C)CCCCCC)OC(=O)CCCC(CCCC(=O)OC(COC(=O)C(C)CCCCCC)COC(=O)C(C)CCCCCC)OC(=O)CCCN(C)C. The van der Waals surface area contributed by atoms with Crippen LogP contribution in [0.15, 0.2) is 0 Å². The van der Waals surface area contributed by atoms with E-state index in [0.717, 1.165) is 103 Å². The van der Waals surface area contributed by atoms with Crippen LogP contribution in [0.2, 0.25) is 0 Å². The monoisotopic (exact) mass is 1030 g/mol. The van der Waals surface area contributed by atoms with E-state index in [-0.39, 0.29) is 82.2 Å². The number of carbonyl (C=O) groups is 7. The van der Waals surface area contributed by atoms with Crippen molar-refractivity contribution in [3.8, 4) is 0 Å². The number of ether oxygens (including phenoxy) is 7. The Hall–Kier alpha value is -3.75. The quantitative estimate of drug-likeness (QED) is 0.0318. The lowest BCUT2D eigenvalue weighted by atomic mass is 10.0. The smallest absolute Gasteiger partial charge is 0.308 e. The average molecular weight is 1030 g/mol. The normalized spacial score (nSPS) is 14.3. The van der Waals surface area contributed by atoms with Gasteiger partial charge in [0, 0.05) is 19.3 Å². The van der Waals surface area contributed by atoms with Gasteiger partial charge in [-0.2, -0.15) is 0 Å². The molecule has 0 aliphatic heterocycles. The summed E-state index contributed by atoms with van der Waals surface area (Å²) in [6, 6.07) is 0. The van der Waals surface area contributed by atoms with Crippen LogP contribution in [0.3, 0.4) is 0 Å². The van der Waals surface area contributed by atoms with Crippen LogP contribution >= 0.6 is 0 Å². The zero-order chi connectivity index (χ0) is 53.9. The first-order chi connectivity index (χ1) is 34.5. The fourth-order valence-corrected chi connectivity index (χ4v) is 7.97. The molecule has 0 saturated heterocycles. The zero-order valence-electron chi connectivity index (χ0n) is 47.0. The van der Waals surface area contributed by atoms with E-state index in [1.165, 1.54) is 0 Å². The van der Waals surface area contributed by atoms with Gasteiger partial charge in [0.05, 0.1) is 23.7 Å². The van der Waals surface area contributed by atoms with Crippen LogP contribution < -0.4 is 0 Å². The minimum Gasteiger partial charge on any atom is -0.462 e. The maximum absolute atomic E-state index is 13.3. The van der Waals surface area contributed by atoms with Crippen molar-refractivity contribution in [3.63, 3.8) is 0 Å². The second kappa shape index (κ2) is 44.7. The third kappa shape index (κ3) is 37.9. The molecule has 420 valence electrons. The first kappa shape index (κ1) is 68.2. The van der Waals surface area contributed by atoms with Crippen molar-refractivity contribution in [3.05, 3.63) is 0 Å². The Morgan fingerprint density at radius 2 is 0.597 bits per heavy atom. The van der Waals surface area contributed by atoms with Crippen molar-refractivity contribution in [2.24, 2.45) is 23.7 Å². The molecule has 0 rings (SSSR count). The third-order valence-electron chi connectivity index (χ3n) is 12.9. The molecule has 4 atom stereocenters. The maximum Gasteiger partial charge on any atom is 0.308 e. The Labute approximate surface area is 436 Å². The zero-order valence-corrected chi connectivity index (χ0v) is 47.0. The first-order valence-electron chi connectivity index (χ1n) is 28.4. The Balaban J connectivity index is 5.78. The largest absolute Gasteiger partial charge is 0.462 e. The number of esters is 7. The highest BCUT2D eigenvalue weighted by atomic mass is 16.6. The van der Waals surface area contributed by atoms with Crippen molar-refractivity contribution < 1.29 is 66.7 Å². The topological polar surface area (TPSA) is 187 Å². The van der Waals surface area contributed by atoms with Crippen molar-refractivity contribution >= 4 is 41.8 Å². The first-order valence-corrected chi connectivity index (χ1v) is 28.4. The highest BCUT2D eigenvalue weighted by Gasteiger charge is 2.26. The molecule has 0 aliphatic carbocycles. The van der Waals surface area contributed by atoms with Crippen LogP contribution in [0.4, 0.5) is 0 Å². The standard InChI is InChI=1S/C57H103NO14/c1-11-15-19-23-30-44(5)54(62)66-40-49(41-67-55(63)45(6)31-24-20-16-12-2)71-51(59)36-27-34-48(70-53(61)38-29-39-58(9)10)35-28-37-52(60)72-50(42-68-56(64)46(7)32-25-21-17-13-3)43-69-57(65)47(8)33-26-22-18-14-4/h44-50H,11-43H2,1-10H3. The third-order valence-corrected chi connectivity index (χ3v) is 12.9. The number of hydrogen-bond acceptors (Lipinski definition) is 15. The van der Waals surface area contributed by atoms with Crippen LogP contribution in [0.1, 0.15) is 235 Å². The molecule has 0 heterocycles. The molecule has 0 fully saturated rings. The van der Waals surface area contributed by atoms with E-state index < -0.39 is 60.1 Å². The number of nitrogens with zero attached hydrogens (tertiary/aromatic N) is 1. The van der Waals surface area contributed by atoms with Crippen molar-refractivity contribution in [2.75, 3.05) is 47.1 Å². The molecule has 72 heavy (non-hydrogen) atoms. The second-order valence-electron chi connectivity index (χ2n) is 20.5. The predicted molar refractivity (Wildman–Crippen MR) is 281 cm³/mol. The molecule has 0 aromatic heterocycles. The summed E-state index contributed by atoms with van der Waals surface area (Å²) in [5.74, 6) is -4.50. The van der Waals surface area contributed by atoms with Crippen molar-refractivity contribution in [1.29, 1.82) is 0 Å². The number of rotatable bonds is 47. The summed E-state index contributed by atoms with van der Waals surface area (Å²) in [4.78, 5) is 93.1. The van der Waals surface area contributed by atoms with Gasteiger partial charge in [0.1, 0.15) is 32.5 Å². The summed E-state index contributed by atoms with van der Waals surface area (Å²) in [5, 5.41) is 0. The molecule has 0 saturated carbocycles. The fourth-order valence-electron chi connectivity index (χ4n) is 7.97. The van der Waals surface area contributed by atoms with E-state index in [2.05, 4.69) is 27.7 Å². The van der Waals surface area contributed by atoms with Gasteiger partial charge in [-0.05, 0) is 78.4 Å². The van der Waals surface area contributed by atoms with E-state index in [4.69, 9.17) is 33.2 Å². The molecule has 0 bridgehead atoms. The van der Waals surface area contributed by atoms with E-state index in [9.17, 15) is 33.6 Å². The average Bonchev–Trinajstić information content (AvgIpc) is 3.34. The van der Waals surface area contributed by atoms with Crippen LogP contribution in [-0.4, -0.2) is 112 Å². The van der Waals surface area contributed by atoms with Crippen molar-refractivity contribution in [1.82, 2.24) is 4.90 Å². The lowest BCUT2D eigenvalue weighted by molar-refractivity contribution is -0.169. The lowest BCUT2D eigenvalue weighted by Crippen LogP contribution is -2.33. The van der Waals surface area contributed by atoms with Crippen LogP contribution in [0.5, 0.6) is 0 Å². The molecule has 0 radical (unpaired) electrons. The van der Waals surface area contributed by atoms with Gasteiger partial charge in [0.2, 0.25) is 0 Å². The van der Waals surface area contributed by atoms with E-state index in [1.807, 2.05) is 46.7 Å². The molecular formula is C57H103NO14. The lowest BCUT2D eigenvalue weighted by Gasteiger charge is -2.21. The molecular weight excluding hydrogens is 923 g/mol. The van der Waals surface area contributed by atoms with Crippen LogP contribution in [0, 0.1) is 23.7 Å². The maximum atomic E-state index is 13.3. The van der Waals surface area contributed by atoms with Gasteiger partial charge >= 0.3 is 41.8 Å². The minimum atomic E-state index is -1.00. The molecule has 0 aromatic rings. The Morgan fingerprint density at radius 3 is 0.861 bits per heavy atom. The van der Waals surface area contributed by atoms with Gasteiger partial charge in [-0.25, -0.2) is 0 Å². The molecule has 0 amide bonds. The molecule has 15 nitrogen and oxygen atoms in total. The highest BCUT2D eigenvalue weighted by Crippen LogP contribution is 2.20.